The molecule has 3 aromatic rings. The van der Waals surface area contributed by atoms with Gasteiger partial charge in [0, 0.05) is 28.1 Å². The van der Waals surface area contributed by atoms with Gasteiger partial charge in [-0.1, -0.05) is 35.9 Å². The summed E-state index contributed by atoms with van der Waals surface area (Å²) in [6, 6.07) is 13.0. The molecule has 0 aliphatic rings. The molecule has 3 rings (SSSR count). The number of nitrogens with zero attached hydrogens (tertiary/aromatic N) is 2. The number of halogens is 1. The number of hydrogen-bond donors (Lipinski definition) is 2. The fourth-order valence-electron chi connectivity index (χ4n) is 1.90. The first-order valence-electron chi connectivity index (χ1n) is 5.92. The molecule has 0 bridgehead atoms. The van der Waals surface area contributed by atoms with E-state index in [-0.39, 0.29) is 0 Å². The van der Waals surface area contributed by atoms with E-state index in [4.69, 9.17) is 22.2 Å². The Balaban J connectivity index is 2.04. The van der Waals surface area contributed by atoms with E-state index in [9.17, 15) is 0 Å². The minimum atomic E-state index is 0.292. The molecule has 6 heteroatoms. The molecule has 0 aliphatic heterocycles. The van der Waals surface area contributed by atoms with Gasteiger partial charge in [0.2, 0.25) is 11.8 Å². The van der Waals surface area contributed by atoms with Crippen molar-refractivity contribution in [2.24, 2.45) is 5.84 Å². The summed E-state index contributed by atoms with van der Waals surface area (Å²) in [7, 11) is 0. The molecule has 0 unspecified atom stereocenters. The summed E-state index contributed by atoms with van der Waals surface area (Å²) < 4.78 is 5.78. The van der Waals surface area contributed by atoms with Crippen molar-refractivity contribution in [3.05, 3.63) is 53.7 Å². The molecule has 0 saturated heterocycles. The van der Waals surface area contributed by atoms with E-state index in [0.29, 0.717) is 22.6 Å². The quantitative estimate of drug-likeness (QED) is 0.570. The zero-order valence-corrected chi connectivity index (χ0v) is 11.1. The molecule has 20 heavy (non-hydrogen) atoms. The Kier molecular flexibility index (Phi) is 3.37. The van der Waals surface area contributed by atoms with Gasteiger partial charge in [-0.05, 0) is 12.1 Å². The molecule has 0 radical (unpaired) electrons. The van der Waals surface area contributed by atoms with Crippen LogP contribution in [-0.2, 0) is 0 Å². The zero-order valence-electron chi connectivity index (χ0n) is 10.4. The van der Waals surface area contributed by atoms with Crippen LogP contribution in [0.3, 0.4) is 0 Å². The van der Waals surface area contributed by atoms with Gasteiger partial charge < -0.3 is 4.74 Å². The van der Waals surface area contributed by atoms with E-state index in [1.165, 1.54) is 0 Å². The van der Waals surface area contributed by atoms with Crippen molar-refractivity contribution in [2.75, 3.05) is 5.43 Å². The Morgan fingerprint density at radius 2 is 1.85 bits per heavy atom. The third-order valence-corrected chi connectivity index (χ3v) is 3.13. The number of hydrazine groups is 1. The summed E-state index contributed by atoms with van der Waals surface area (Å²) in [5.41, 5.74) is 2.38. The highest BCUT2D eigenvalue weighted by atomic mass is 35.5. The normalized spacial score (nSPS) is 10.5. The molecule has 0 atom stereocenters. The van der Waals surface area contributed by atoms with Gasteiger partial charge in [0.15, 0.2) is 0 Å². The number of nitrogen functional groups attached to an aromatic ring is 1. The van der Waals surface area contributed by atoms with Crippen molar-refractivity contribution in [1.29, 1.82) is 0 Å². The maximum absolute atomic E-state index is 6.17. The molecule has 1 aromatic heterocycles. The topological polar surface area (TPSA) is 73.1 Å². The van der Waals surface area contributed by atoms with Gasteiger partial charge in [-0.15, -0.1) is 0 Å². The van der Waals surface area contributed by atoms with Crippen molar-refractivity contribution >= 4 is 28.3 Å². The van der Waals surface area contributed by atoms with Crippen LogP contribution in [0, 0.1) is 0 Å². The second-order valence-corrected chi connectivity index (χ2v) is 4.46. The number of hydrogen-bond acceptors (Lipinski definition) is 5. The number of aromatic nitrogens is 2. The molecular weight excluding hydrogens is 276 g/mol. The van der Waals surface area contributed by atoms with Crippen molar-refractivity contribution in [3.63, 3.8) is 0 Å². The third-order valence-electron chi connectivity index (χ3n) is 2.80. The Morgan fingerprint density at radius 3 is 2.65 bits per heavy atom. The van der Waals surface area contributed by atoms with E-state index in [1.54, 1.807) is 18.3 Å². The summed E-state index contributed by atoms with van der Waals surface area (Å²) >= 11 is 6.17. The highest BCUT2D eigenvalue weighted by Crippen LogP contribution is 2.33. The van der Waals surface area contributed by atoms with E-state index in [0.717, 1.165) is 10.8 Å². The molecule has 5 nitrogen and oxygen atoms in total. The van der Waals surface area contributed by atoms with Crippen LogP contribution in [0.15, 0.2) is 48.7 Å². The monoisotopic (exact) mass is 286 g/mol. The highest BCUT2D eigenvalue weighted by Gasteiger charge is 2.07. The molecule has 1 heterocycles. The van der Waals surface area contributed by atoms with Crippen LogP contribution in [0.5, 0.6) is 11.6 Å². The number of benzene rings is 2. The second kappa shape index (κ2) is 5.32. The molecule has 2 aromatic carbocycles. The van der Waals surface area contributed by atoms with Gasteiger partial charge in [0.1, 0.15) is 5.75 Å². The number of rotatable bonds is 3. The average Bonchev–Trinajstić information content (AvgIpc) is 2.51. The fourth-order valence-corrected chi connectivity index (χ4v) is 2.13. The predicted molar refractivity (Wildman–Crippen MR) is 78.9 cm³/mol. The zero-order chi connectivity index (χ0) is 13.9. The van der Waals surface area contributed by atoms with E-state index >= 15 is 0 Å². The van der Waals surface area contributed by atoms with Crippen molar-refractivity contribution < 1.29 is 4.74 Å². The summed E-state index contributed by atoms with van der Waals surface area (Å²) in [6.07, 6.45) is 1.57. The lowest BCUT2D eigenvalue weighted by molar-refractivity contribution is 0.467. The van der Waals surface area contributed by atoms with Gasteiger partial charge in [-0.3, -0.25) is 5.43 Å². The first-order chi connectivity index (χ1) is 9.78. The number of fused-ring (bicyclic) bond motifs is 1. The molecule has 3 N–H and O–H groups in total. The largest absolute Gasteiger partial charge is 0.438 e. The van der Waals surface area contributed by atoms with E-state index in [2.05, 4.69) is 15.4 Å². The van der Waals surface area contributed by atoms with Crippen LogP contribution in [0.1, 0.15) is 0 Å². The summed E-state index contributed by atoms with van der Waals surface area (Å²) in [6.45, 7) is 0. The summed E-state index contributed by atoms with van der Waals surface area (Å²) in [5.74, 6) is 6.64. The summed E-state index contributed by atoms with van der Waals surface area (Å²) in [5, 5.41) is 2.53. The number of nitrogens with two attached hydrogens (primary N) is 1. The number of anilines is 1. The van der Waals surface area contributed by atoms with Gasteiger partial charge in [0.25, 0.3) is 0 Å². The van der Waals surface area contributed by atoms with Crippen molar-refractivity contribution in [2.45, 2.75) is 0 Å². The van der Waals surface area contributed by atoms with Crippen LogP contribution in [-0.4, -0.2) is 9.97 Å². The molecule has 100 valence electrons. The lowest BCUT2D eigenvalue weighted by Crippen LogP contribution is -2.10. The lowest BCUT2D eigenvalue weighted by Gasteiger charge is -2.09. The molecule has 0 saturated carbocycles. The van der Waals surface area contributed by atoms with E-state index < -0.39 is 0 Å². The predicted octanol–water partition coefficient (Wildman–Crippen LogP) is 3.36. The Labute approximate surface area is 120 Å². The van der Waals surface area contributed by atoms with Crippen LogP contribution in [0.4, 0.5) is 5.95 Å². The van der Waals surface area contributed by atoms with Gasteiger partial charge >= 0.3 is 0 Å². The Morgan fingerprint density at radius 1 is 1.05 bits per heavy atom. The Hall–Kier alpha value is -2.37. The minimum absolute atomic E-state index is 0.292. The molecular formula is C14H11ClN4O. The number of nitrogens with one attached hydrogen (secondary N) is 1. The lowest BCUT2D eigenvalue weighted by atomic mass is 10.1. The van der Waals surface area contributed by atoms with Gasteiger partial charge in [-0.2, -0.15) is 4.98 Å². The second-order valence-electron chi connectivity index (χ2n) is 4.06. The van der Waals surface area contributed by atoms with Gasteiger partial charge in [-0.25, -0.2) is 10.8 Å². The maximum Gasteiger partial charge on any atom is 0.240 e. The first kappa shape index (κ1) is 12.7. The van der Waals surface area contributed by atoms with Crippen LogP contribution in [0.25, 0.3) is 10.8 Å². The maximum atomic E-state index is 6.17. The van der Waals surface area contributed by atoms with Crippen molar-refractivity contribution in [3.8, 4) is 11.6 Å². The minimum Gasteiger partial charge on any atom is -0.438 e. The number of ether oxygens (including phenoxy) is 1. The molecule has 0 fully saturated rings. The van der Waals surface area contributed by atoms with Crippen LogP contribution in [0.2, 0.25) is 5.02 Å². The fraction of sp³-hybridized carbons (Fsp3) is 0. The van der Waals surface area contributed by atoms with Crippen LogP contribution < -0.4 is 16.0 Å². The highest BCUT2D eigenvalue weighted by molar-refractivity contribution is 6.35. The van der Waals surface area contributed by atoms with Gasteiger partial charge in [0.05, 0.1) is 0 Å². The van der Waals surface area contributed by atoms with Crippen molar-refractivity contribution in [1.82, 2.24) is 9.97 Å². The van der Waals surface area contributed by atoms with Crippen LogP contribution >= 0.6 is 11.6 Å². The third kappa shape index (κ3) is 2.36. The average molecular weight is 287 g/mol. The molecule has 0 aliphatic carbocycles. The van der Waals surface area contributed by atoms with E-state index in [1.807, 2.05) is 30.3 Å². The standard InChI is InChI=1S/C14H11ClN4O/c15-11-5-6-12(10-4-2-1-3-9(10)11)20-13-7-8-17-14(18-13)19-16/h1-8H,16H2,(H,17,18,19). The Bertz CT molecular complexity index is 763. The summed E-state index contributed by atoms with van der Waals surface area (Å²) in [4.78, 5) is 8.04. The smallest absolute Gasteiger partial charge is 0.240 e. The molecule has 0 amide bonds. The SMILES string of the molecule is NNc1nccc(Oc2ccc(Cl)c3ccccc23)n1. The first-order valence-corrected chi connectivity index (χ1v) is 6.30. The molecule has 0 spiro atoms.